The van der Waals surface area contributed by atoms with Crippen molar-refractivity contribution >= 4 is 11.6 Å². The fourth-order valence-electron chi connectivity index (χ4n) is 2.56. The molecule has 0 fully saturated rings. The Bertz CT molecular complexity index is 693. The number of hydrogen-bond donors (Lipinski definition) is 1. The predicted octanol–water partition coefficient (Wildman–Crippen LogP) is 2.35. The Morgan fingerprint density at radius 1 is 1.45 bits per heavy atom. The Morgan fingerprint density at radius 2 is 2.27 bits per heavy atom. The predicted molar refractivity (Wildman–Crippen MR) is 83.3 cm³/mol. The van der Waals surface area contributed by atoms with Crippen molar-refractivity contribution in [2.75, 3.05) is 18.1 Å². The number of nitrogens with zero attached hydrogens (tertiary/aromatic N) is 3. The molecule has 0 unspecified atom stereocenters. The van der Waals surface area contributed by atoms with Gasteiger partial charge in [-0.25, -0.2) is 4.98 Å². The maximum Gasteiger partial charge on any atom is 0.279 e. The third kappa shape index (κ3) is 2.81. The molecule has 1 amide bonds. The van der Waals surface area contributed by atoms with Crippen LogP contribution in [0, 0.1) is 12.8 Å². The van der Waals surface area contributed by atoms with E-state index in [4.69, 9.17) is 4.74 Å². The summed E-state index contributed by atoms with van der Waals surface area (Å²) in [5, 5.41) is 7.10. The normalized spacial score (nSPS) is 13.9. The van der Waals surface area contributed by atoms with Crippen LogP contribution in [0.25, 0.3) is 0 Å². The number of carbonyl (C=O) groups is 1. The van der Waals surface area contributed by atoms with Crippen LogP contribution in [0.2, 0.25) is 0 Å². The molecular formula is C16H20N4O2. The molecule has 0 atom stereocenters. The van der Waals surface area contributed by atoms with Gasteiger partial charge in [-0.2, -0.15) is 5.10 Å². The summed E-state index contributed by atoms with van der Waals surface area (Å²) in [7, 11) is 0. The number of H-pyrrole nitrogens is 1. The van der Waals surface area contributed by atoms with Crippen LogP contribution < -0.4 is 9.64 Å². The smallest absolute Gasteiger partial charge is 0.279 e. The van der Waals surface area contributed by atoms with Gasteiger partial charge in [0.2, 0.25) is 5.88 Å². The topological polar surface area (TPSA) is 71.1 Å². The Hall–Kier alpha value is -2.37. The Kier molecular flexibility index (Phi) is 3.83. The van der Waals surface area contributed by atoms with Crippen molar-refractivity contribution < 1.29 is 9.53 Å². The van der Waals surface area contributed by atoms with Crippen molar-refractivity contribution in [1.82, 2.24) is 15.2 Å². The second-order valence-corrected chi connectivity index (χ2v) is 5.96. The first kappa shape index (κ1) is 14.6. The van der Waals surface area contributed by atoms with Crippen molar-refractivity contribution in [1.29, 1.82) is 0 Å². The third-order valence-corrected chi connectivity index (χ3v) is 3.55. The molecule has 2 aromatic heterocycles. The molecule has 116 valence electrons. The van der Waals surface area contributed by atoms with Crippen LogP contribution in [0.1, 0.15) is 35.7 Å². The molecule has 6 nitrogen and oxygen atoms in total. The summed E-state index contributed by atoms with van der Waals surface area (Å²) >= 11 is 0. The van der Waals surface area contributed by atoms with Crippen molar-refractivity contribution in [3.63, 3.8) is 0 Å². The molecule has 0 bridgehead atoms. The molecule has 0 aliphatic carbocycles. The minimum absolute atomic E-state index is 0.124. The number of ether oxygens (including phenoxy) is 1. The molecule has 0 aromatic carbocycles. The molecule has 0 saturated heterocycles. The number of rotatable bonds is 3. The van der Waals surface area contributed by atoms with Gasteiger partial charge in [-0.1, -0.05) is 13.8 Å². The summed E-state index contributed by atoms with van der Waals surface area (Å²) in [5.74, 6) is 0.902. The number of nitrogens with one attached hydrogen (secondary N) is 1. The lowest BCUT2D eigenvalue weighted by molar-refractivity contribution is 0.0970. The second kappa shape index (κ2) is 5.79. The molecule has 0 spiro atoms. The van der Waals surface area contributed by atoms with Crippen LogP contribution in [0.4, 0.5) is 5.69 Å². The standard InChI is InChI=1S/C16H20N4O2/c1-10(2)8-12-9-13(19-18-12)16(21)20-6-7-22-15-14(20)5-4-11(3)17-15/h4-5,9-10H,6-8H2,1-3H3,(H,18,19). The zero-order valence-electron chi connectivity index (χ0n) is 13.1. The molecule has 3 heterocycles. The summed E-state index contributed by atoms with van der Waals surface area (Å²) < 4.78 is 5.55. The van der Waals surface area contributed by atoms with Crippen LogP contribution in [0.3, 0.4) is 0 Å². The molecule has 1 aliphatic rings. The van der Waals surface area contributed by atoms with E-state index in [2.05, 4.69) is 29.0 Å². The number of fused-ring (bicyclic) bond motifs is 1. The van der Waals surface area contributed by atoms with E-state index < -0.39 is 0 Å². The highest BCUT2D eigenvalue weighted by molar-refractivity contribution is 6.05. The van der Waals surface area contributed by atoms with Gasteiger partial charge in [0.15, 0.2) is 5.69 Å². The highest BCUT2D eigenvalue weighted by Gasteiger charge is 2.27. The molecule has 3 rings (SSSR count). The molecule has 22 heavy (non-hydrogen) atoms. The lowest BCUT2D eigenvalue weighted by Gasteiger charge is -2.28. The minimum Gasteiger partial charge on any atom is -0.474 e. The largest absolute Gasteiger partial charge is 0.474 e. The molecule has 1 N–H and O–H groups in total. The number of hydrogen-bond acceptors (Lipinski definition) is 4. The minimum atomic E-state index is -0.124. The number of anilines is 1. The summed E-state index contributed by atoms with van der Waals surface area (Å²) in [6.07, 6.45) is 0.876. The molecule has 1 aliphatic heterocycles. The van der Waals surface area contributed by atoms with Crippen LogP contribution in [-0.4, -0.2) is 34.2 Å². The first-order valence-corrected chi connectivity index (χ1v) is 7.51. The average molecular weight is 300 g/mol. The van der Waals surface area contributed by atoms with Gasteiger partial charge in [0.05, 0.1) is 6.54 Å². The summed E-state index contributed by atoms with van der Waals surface area (Å²) in [6.45, 7) is 7.11. The molecule has 0 saturated carbocycles. The Labute approximate surface area is 129 Å². The fraction of sp³-hybridized carbons (Fsp3) is 0.438. The van der Waals surface area contributed by atoms with E-state index in [0.29, 0.717) is 36.3 Å². The molecular weight excluding hydrogens is 280 g/mol. The molecule has 6 heteroatoms. The number of amides is 1. The van der Waals surface area contributed by atoms with E-state index >= 15 is 0 Å². The third-order valence-electron chi connectivity index (χ3n) is 3.55. The van der Waals surface area contributed by atoms with Crippen LogP contribution in [-0.2, 0) is 6.42 Å². The summed E-state index contributed by atoms with van der Waals surface area (Å²) in [4.78, 5) is 18.7. The second-order valence-electron chi connectivity index (χ2n) is 5.96. The van der Waals surface area contributed by atoms with Crippen molar-refractivity contribution in [3.05, 3.63) is 35.3 Å². The number of carbonyl (C=O) groups excluding carboxylic acids is 1. The van der Waals surface area contributed by atoms with E-state index in [1.807, 2.05) is 25.1 Å². The van der Waals surface area contributed by atoms with Gasteiger partial charge in [0.1, 0.15) is 12.3 Å². The fourth-order valence-corrected chi connectivity index (χ4v) is 2.56. The van der Waals surface area contributed by atoms with E-state index in [-0.39, 0.29) is 5.91 Å². The van der Waals surface area contributed by atoms with Gasteiger partial charge in [-0.15, -0.1) is 0 Å². The number of aromatic amines is 1. The van der Waals surface area contributed by atoms with Crippen molar-refractivity contribution in [3.8, 4) is 5.88 Å². The van der Waals surface area contributed by atoms with E-state index in [1.165, 1.54) is 0 Å². The first-order valence-electron chi connectivity index (χ1n) is 7.51. The van der Waals surface area contributed by atoms with Gasteiger partial charge in [0.25, 0.3) is 5.91 Å². The van der Waals surface area contributed by atoms with Crippen LogP contribution in [0.5, 0.6) is 5.88 Å². The van der Waals surface area contributed by atoms with Gasteiger partial charge in [-0.05, 0) is 37.5 Å². The molecule has 2 aromatic rings. The van der Waals surface area contributed by atoms with Gasteiger partial charge in [-0.3, -0.25) is 14.8 Å². The van der Waals surface area contributed by atoms with Gasteiger partial charge >= 0.3 is 0 Å². The zero-order chi connectivity index (χ0) is 15.7. The SMILES string of the molecule is Cc1ccc2c(n1)OCCN2C(=O)c1cc(CC(C)C)[nH]n1. The van der Waals surface area contributed by atoms with E-state index in [0.717, 1.165) is 17.8 Å². The van der Waals surface area contributed by atoms with Crippen LogP contribution >= 0.6 is 0 Å². The van der Waals surface area contributed by atoms with E-state index in [9.17, 15) is 4.79 Å². The quantitative estimate of drug-likeness (QED) is 0.944. The van der Waals surface area contributed by atoms with Crippen molar-refractivity contribution in [2.24, 2.45) is 5.92 Å². The average Bonchev–Trinajstić information content (AvgIpc) is 2.93. The Balaban J connectivity index is 1.86. The monoisotopic (exact) mass is 300 g/mol. The maximum atomic E-state index is 12.7. The zero-order valence-corrected chi connectivity index (χ0v) is 13.1. The highest BCUT2D eigenvalue weighted by Crippen LogP contribution is 2.30. The van der Waals surface area contributed by atoms with Gasteiger partial charge < -0.3 is 4.74 Å². The highest BCUT2D eigenvalue weighted by atomic mass is 16.5. The summed E-state index contributed by atoms with van der Waals surface area (Å²) in [5.41, 5.74) is 2.99. The maximum absolute atomic E-state index is 12.7. The van der Waals surface area contributed by atoms with Gasteiger partial charge in [0, 0.05) is 11.4 Å². The molecule has 0 radical (unpaired) electrons. The lowest BCUT2D eigenvalue weighted by Crippen LogP contribution is -2.38. The van der Waals surface area contributed by atoms with Crippen molar-refractivity contribution in [2.45, 2.75) is 27.2 Å². The number of aromatic nitrogens is 3. The number of pyridine rings is 1. The lowest BCUT2D eigenvalue weighted by atomic mass is 10.1. The summed E-state index contributed by atoms with van der Waals surface area (Å²) in [6, 6.07) is 5.58. The van der Waals surface area contributed by atoms with E-state index in [1.54, 1.807) is 4.90 Å². The van der Waals surface area contributed by atoms with Crippen LogP contribution in [0.15, 0.2) is 18.2 Å². The first-order chi connectivity index (χ1) is 10.5. The number of aryl methyl sites for hydroxylation is 1. The Morgan fingerprint density at radius 3 is 3.05 bits per heavy atom.